The van der Waals surface area contributed by atoms with Crippen molar-refractivity contribution in [3.8, 4) is 0 Å². The number of benzene rings is 1. The predicted molar refractivity (Wildman–Crippen MR) is 117 cm³/mol. The third-order valence-corrected chi connectivity index (χ3v) is 4.26. The van der Waals surface area contributed by atoms with E-state index in [4.69, 9.17) is 11.5 Å². The molecule has 1 aromatic rings. The fourth-order valence-electron chi connectivity index (χ4n) is 2.92. The van der Waals surface area contributed by atoms with Crippen LogP contribution in [0.1, 0.15) is 12.5 Å². The Labute approximate surface area is 167 Å². The summed E-state index contributed by atoms with van der Waals surface area (Å²) in [5.41, 5.74) is 14.3. The largest absolute Gasteiger partial charge is 0.401 e. The fourth-order valence-corrected chi connectivity index (χ4v) is 2.92. The van der Waals surface area contributed by atoms with Gasteiger partial charge in [-0.2, -0.15) is 0 Å². The fraction of sp³-hybridized carbons (Fsp3) is 0.318. The number of hydrogen-bond acceptors (Lipinski definition) is 5. The van der Waals surface area contributed by atoms with Crippen LogP contribution < -0.4 is 22.1 Å². The van der Waals surface area contributed by atoms with E-state index >= 15 is 0 Å². The van der Waals surface area contributed by atoms with Crippen molar-refractivity contribution < 1.29 is 4.79 Å². The number of nitrogens with one attached hydrogen (secondary N) is 2. The van der Waals surface area contributed by atoms with Gasteiger partial charge in [-0.1, -0.05) is 36.4 Å². The molecule has 6 nitrogen and oxygen atoms in total. The highest BCUT2D eigenvalue weighted by Crippen LogP contribution is 2.10. The van der Waals surface area contributed by atoms with Gasteiger partial charge in [-0.3, -0.25) is 9.69 Å². The van der Waals surface area contributed by atoms with Gasteiger partial charge in [0.15, 0.2) is 0 Å². The van der Waals surface area contributed by atoms with E-state index in [1.54, 1.807) is 0 Å². The summed E-state index contributed by atoms with van der Waals surface area (Å²) >= 11 is 0. The van der Waals surface area contributed by atoms with Crippen molar-refractivity contribution in [1.82, 2.24) is 10.2 Å². The third-order valence-electron chi connectivity index (χ3n) is 4.26. The molecule has 0 radical (unpaired) electrons. The highest BCUT2D eigenvalue weighted by atomic mass is 16.2. The summed E-state index contributed by atoms with van der Waals surface area (Å²) in [5.74, 6) is -0.0688. The van der Waals surface area contributed by atoms with Gasteiger partial charge >= 0.3 is 0 Å². The monoisotopic (exact) mass is 381 g/mol. The van der Waals surface area contributed by atoms with Crippen molar-refractivity contribution in [2.75, 3.05) is 31.5 Å². The van der Waals surface area contributed by atoms with E-state index in [2.05, 4.69) is 16.7 Å². The first-order valence-corrected chi connectivity index (χ1v) is 9.58. The first-order valence-electron chi connectivity index (χ1n) is 9.58. The molecule has 6 heteroatoms. The number of carbonyl (C=O) groups excluding carboxylic acids is 1. The quantitative estimate of drug-likeness (QED) is 0.464. The lowest BCUT2D eigenvalue weighted by atomic mass is 10.1. The number of amides is 1. The van der Waals surface area contributed by atoms with E-state index in [-0.39, 0.29) is 18.5 Å². The first-order chi connectivity index (χ1) is 13.6. The molecule has 1 aliphatic heterocycles. The average molecular weight is 382 g/mol. The maximum atomic E-state index is 12.6. The number of nitrogens with zero attached hydrogens (tertiary/aromatic N) is 1. The van der Waals surface area contributed by atoms with Crippen LogP contribution in [-0.2, 0) is 11.2 Å². The summed E-state index contributed by atoms with van der Waals surface area (Å²) in [6, 6.07) is 7.93. The Kier molecular flexibility index (Phi) is 9.04. The zero-order chi connectivity index (χ0) is 20.2. The summed E-state index contributed by atoms with van der Waals surface area (Å²) in [5, 5.41) is 6.24. The minimum Gasteiger partial charge on any atom is -0.401 e. The molecule has 2 rings (SSSR count). The minimum absolute atomic E-state index is 0.0688. The lowest BCUT2D eigenvalue weighted by molar-refractivity contribution is -0.117. The lowest BCUT2D eigenvalue weighted by Gasteiger charge is -2.26. The number of hydrogen-bond donors (Lipinski definition) is 4. The lowest BCUT2D eigenvalue weighted by Crippen LogP contribution is -2.43. The molecule has 0 spiro atoms. The minimum atomic E-state index is -0.0688. The Morgan fingerprint density at radius 3 is 2.68 bits per heavy atom. The van der Waals surface area contributed by atoms with Crippen molar-refractivity contribution in [2.45, 2.75) is 19.4 Å². The van der Waals surface area contributed by atoms with Gasteiger partial charge in [-0.05, 0) is 55.9 Å². The molecule has 28 heavy (non-hydrogen) atoms. The second-order valence-electron chi connectivity index (χ2n) is 6.74. The molecule has 1 heterocycles. The molecule has 0 aliphatic carbocycles. The van der Waals surface area contributed by atoms with Crippen LogP contribution in [0.15, 0.2) is 72.6 Å². The van der Waals surface area contributed by atoms with E-state index in [0.717, 1.165) is 17.7 Å². The molecule has 0 fully saturated rings. The van der Waals surface area contributed by atoms with Crippen LogP contribution in [0.3, 0.4) is 0 Å². The zero-order valence-corrected chi connectivity index (χ0v) is 16.5. The van der Waals surface area contributed by atoms with Gasteiger partial charge in [0.25, 0.3) is 0 Å². The van der Waals surface area contributed by atoms with Gasteiger partial charge in [0.05, 0.1) is 12.6 Å². The van der Waals surface area contributed by atoms with Crippen molar-refractivity contribution >= 4 is 11.6 Å². The van der Waals surface area contributed by atoms with Gasteiger partial charge < -0.3 is 22.1 Å². The number of carbonyl (C=O) groups is 1. The zero-order valence-electron chi connectivity index (χ0n) is 16.5. The Morgan fingerprint density at radius 2 is 2.04 bits per heavy atom. The van der Waals surface area contributed by atoms with Gasteiger partial charge in [0.2, 0.25) is 5.91 Å². The summed E-state index contributed by atoms with van der Waals surface area (Å²) in [6.07, 6.45) is 14.5. The highest BCUT2D eigenvalue weighted by Gasteiger charge is 2.16. The molecule has 1 amide bonds. The topological polar surface area (TPSA) is 96.4 Å². The Hall–Kier alpha value is -2.83. The summed E-state index contributed by atoms with van der Waals surface area (Å²) in [6.45, 7) is 4.00. The average Bonchev–Trinajstić information content (AvgIpc) is 2.69. The van der Waals surface area contributed by atoms with Crippen LogP contribution in [0.25, 0.3) is 0 Å². The van der Waals surface area contributed by atoms with Crippen molar-refractivity contribution in [3.63, 3.8) is 0 Å². The summed E-state index contributed by atoms with van der Waals surface area (Å²) in [7, 11) is 0. The van der Waals surface area contributed by atoms with Crippen LogP contribution in [0.5, 0.6) is 0 Å². The van der Waals surface area contributed by atoms with Crippen LogP contribution in [0.2, 0.25) is 0 Å². The standard InChI is InChI=1S/C22H31N5O/c1-2-3-6-19(24)15-27(16-21-7-4-5-14-25-21)17-22(28)26-20-10-8-18(9-11-20)12-13-23/h2-11,14,21,25H,12-13,15-17,23-24H2,1H3,(H,26,28)/b3-2-,19-6-. The predicted octanol–water partition coefficient (Wildman–Crippen LogP) is 1.89. The molecular weight excluding hydrogens is 350 g/mol. The second-order valence-corrected chi connectivity index (χ2v) is 6.74. The van der Waals surface area contributed by atoms with Crippen molar-refractivity contribution in [2.24, 2.45) is 11.5 Å². The molecule has 150 valence electrons. The Balaban J connectivity index is 1.97. The molecule has 0 aromatic heterocycles. The summed E-state index contributed by atoms with van der Waals surface area (Å²) in [4.78, 5) is 14.6. The summed E-state index contributed by atoms with van der Waals surface area (Å²) < 4.78 is 0. The van der Waals surface area contributed by atoms with Gasteiger partial charge in [-0.15, -0.1) is 0 Å². The van der Waals surface area contributed by atoms with E-state index in [9.17, 15) is 4.79 Å². The number of dihydropyridines is 1. The second kappa shape index (κ2) is 11.8. The van der Waals surface area contributed by atoms with Crippen molar-refractivity contribution in [3.05, 3.63) is 78.2 Å². The maximum absolute atomic E-state index is 12.6. The van der Waals surface area contributed by atoms with Gasteiger partial charge in [-0.25, -0.2) is 0 Å². The Bertz CT molecular complexity index is 734. The molecule has 0 saturated heterocycles. The third kappa shape index (κ3) is 7.82. The van der Waals surface area contributed by atoms with Crippen LogP contribution in [-0.4, -0.2) is 43.0 Å². The number of nitrogens with two attached hydrogens (primary N) is 2. The molecule has 0 bridgehead atoms. The van der Waals surface area contributed by atoms with Gasteiger partial charge in [0.1, 0.15) is 0 Å². The van der Waals surface area contributed by atoms with E-state index < -0.39 is 0 Å². The van der Waals surface area contributed by atoms with E-state index in [1.807, 2.05) is 72.7 Å². The normalized spacial score (nSPS) is 16.5. The number of anilines is 1. The molecule has 6 N–H and O–H groups in total. The van der Waals surface area contributed by atoms with Crippen LogP contribution >= 0.6 is 0 Å². The molecule has 1 atom stereocenters. The maximum Gasteiger partial charge on any atom is 0.238 e. The number of allylic oxidation sites excluding steroid dienone is 5. The molecule has 1 aromatic carbocycles. The highest BCUT2D eigenvalue weighted by molar-refractivity contribution is 5.92. The van der Waals surface area contributed by atoms with Crippen LogP contribution in [0.4, 0.5) is 5.69 Å². The van der Waals surface area contributed by atoms with Crippen LogP contribution in [0, 0.1) is 0 Å². The Morgan fingerprint density at radius 1 is 1.25 bits per heavy atom. The molecule has 1 aliphatic rings. The molecule has 1 unspecified atom stereocenters. The van der Waals surface area contributed by atoms with E-state index in [0.29, 0.717) is 25.3 Å². The first kappa shape index (κ1) is 21.5. The number of rotatable bonds is 10. The smallest absolute Gasteiger partial charge is 0.238 e. The molecule has 0 saturated carbocycles. The van der Waals surface area contributed by atoms with E-state index in [1.165, 1.54) is 0 Å². The SMILES string of the molecule is C/C=C\C=C(/N)CN(CC(=O)Nc1ccc(CCN)cc1)CC1C=CC=CN1. The molecular formula is C22H31N5O. The van der Waals surface area contributed by atoms with Crippen molar-refractivity contribution in [1.29, 1.82) is 0 Å². The van der Waals surface area contributed by atoms with Gasteiger partial charge in [0, 0.05) is 24.5 Å².